The number of allylic oxidation sites excluding steroid dienone is 4. The molecule has 2 heterocycles. The van der Waals surface area contributed by atoms with E-state index in [9.17, 15) is 9.90 Å². The summed E-state index contributed by atoms with van der Waals surface area (Å²) in [5.74, 6) is 1.11. The second kappa shape index (κ2) is 17.2. The van der Waals surface area contributed by atoms with E-state index in [1.54, 1.807) is 5.48 Å². The topological polar surface area (TPSA) is 114 Å². The minimum atomic E-state index is -0.356. The molecule has 4 aromatic rings. The van der Waals surface area contributed by atoms with E-state index >= 15 is 0 Å². The molecule has 2 aromatic heterocycles. The van der Waals surface area contributed by atoms with E-state index in [2.05, 4.69) is 72.1 Å². The summed E-state index contributed by atoms with van der Waals surface area (Å²) in [6, 6.07) is 20.9. The van der Waals surface area contributed by atoms with Crippen molar-refractivity contribution in [3.05, 3.63) is 129 Å². The third kappa shape index (κ3) is 6.87. The first-order valence-electron chi connectivity index (χ1n) is 22.4. The average molecular weight is 826 g/mol. The van der Waals surface area contributed by atoms with Gasteiger partial charge in [-0.15, -0.1) is 0 Å². The van der Waals surface area contributed by atoms with Crippen LogP contribution in [0.5, 0.6) is 0 Å². The molecule has 0 bridgehead atoms. The number of rotatable bonds is 2. The van der Waals surface area contributed by atoms with Gasteiger partial charge in [0.05, 0.1) is 35.9 Å². The molecular formula is C51H65N7O3. The summed E-state index contributed by atoms with van der Waals surface area (Å²) in [6.07, 6.45) is 14.9. The smallest absolute Gasteiger partial charge is 0.226 e. The first kappa shape index (κ1) is 43.8. The number of hydrogen-bond acceptors (Lipinski definition) is 6. The van der Waals surface area contributed by atoms with Crippen LogP contribution < -0.4 is 5.48 Å². The summed E-state index contributed by atoms with van der Waals surface area (Å²) in [4.78, 5) is 20.7. The van der Waals surface area contributed by atoms with Crippen LogP contribution in [0.15, 0.2) is 83.9 Å². The number of fused-ring (bicyclic) bond motifs is 8. The maximum absolute atomic E-state index is 13.3. The standard InChI is InChI=1S/C24H27N3O.C24H25N3O.CH5NO.2CH4/c2*1-23-15-18(25-2)22(28)24(13-7-8-14-24)19(23)12-11-17-20(27(3)26-21(17)23)16-9-5-4-6-10-16;1-2-3;;/h4-6,9-10,19,28H,7-8,11-15H2,1,3H3;4-6,9-10,15,19H,7-8,11-14H2,1,3H3;2-3H,1H3;2*1H4/t2*19-,23+;;;/m11.../s1/i;;;1T;. The monoisotopic (exact) mass is 826 g/mol. The minimum absolute atomic E-state index is 0. The molecule has 2 aromatic carbocycles. The van der Waals surface area contributed by atoms with Crippen LogP contribution in [-0.2, 0) is 42.6 Å². The summed E-state index contributed by atoms with van der Waals surface area (Å²) < 4.78 is 9.78. The molecule has 0 amide bonds. The number of benzene rings is 2. The third-order valence-electron chi connectivity index (χ3n) is 15.3. The van der Waals surface area contributed by atoms with Gasteiger partial charge in [0.2, 0.25) is 11.4 Å². The molecule has 6 aliphatic carbocycles. The summed E-state index contributed by atoms with van der Waals surface area (Å²) in [6.45, 7) is 19.9. The summed E-state index contributed by atoms with van der Waals surface area (Å²) >= 11 is 0. The number of aliphatic hydroxyl groups excluding tert-OH is 1. The van der Waals surface area contributed by atoms with Gasteiger partial charge >= 0.3 is 0 Å². The van der Waals surface area contributed by atoms with Crippen LogP contribution in [-0.4, -0.2) is 42.7 Å². The van der Waals surface area contributed by atoms with Crippen molar-refractivity contribution in [3.8, 4) is 22.5 Å². The highest BCUT2D eigenvalue weighted by Crippen LogP contribution is 2.65. The van der Waals surface area contributed by atoms with Gasteiger partial charge in [-0.2, -0.15) is 10.2 Å². The van der Waals surface area contributed by atoms with Crippen molar-refractivity contribution in [3.63, 3.8) is 0 Å². The summed E-state index contributed by atoms with van der Waals surface area (Å²) in [7, 11) is 6.73. The number of aromatic nitrogens is 4. The van der Waals surface area contributed by atoms with Crippen LogP contribution in [0.4, 0.5) is 0 Å². The number of ketones is 1. The molecule has 0 aliphatic heterocycles. The van der Waals surface area contributed by atoms with Gasteiger partial charge in [-0.3, -0.25) is 9.36 Å². The number of aliphatic hydroxyl groups is 1. The fraction of sp³-hybridized carbons (Fsp3) is 0.510. The maximum atomic E-state index is 13.3. The molecule has 322 valence electrons. The van der Waals surface area contributed by atoms with E-state index in [1.165, 1.54) is 48.1 Å². The first-order chi connectivity index (χ1) is 29.4. The minimum Gasteiger partial charge on any atom is -0.523 e. The number of carbonyl (C=O) groups is 1. The fourth-order valence-corrected chi connectivity index (χ4v) is 13.0. The van der Waals surface area contributed by atoms with Gasteiger partial charge in [0.1, 0.15) is 5.76 Å². The highest BCUT2D eigenvalue weighted by Gasteiger charge is 2.61. The molecule has 10 nitrogen and oxygen atoms in total. The van der Waals surface area contributed by atoms with Crippen molar-refractivity contribution in [2.75, 3.05) is 7.05 Å². The van der Waals surface area contributed by atoms with Gasteiger partial charge in [0.15, 0.2) is 5.78 Å². The summed E-state index contributed by atoms with van der Waals surface area (Å²) in [5.41, 5.74) is 11.2. The van der Waals surface area contributed by atoms with Crippen LogP contribution in [0.1, 0.15) is 123 Å². The van der Waals surface area contributed by atoms with E-state index in [1.807, 2.05) is 41.7 Å². The Bertz CT molecular complexity index is 2410. The Labute approximate surface area is 364 Å². The van der Waals surface area contributed by atoms with Gasteiger partial charge in [-0.25, -0.2) is 15.2 Å². The van der Waals surface area contributed by atoms with E-state index in [4.69, 9.17) is 29.9 Å². The molecule has 2 spiro atoms. The van der Waals surface area contributed by atoms with Crippen LogP contribution in [0, 0.1) is 35.8 Å². The normalized spacial score (nSPS) is 26.1. The molecular weight excluding hydrogens is 759 g/mol. The molecule has 6 aliphatic rings. The zero-order valence-corrected chi connectivity index (χ0v) is 36.2. The summed E-state index contributed by atoms with van der Waals surface area (Å²) in [5, 5.41) is 28.4. The van der Waals surface area contributed by atoms with Gasteiger partial charge in [-0.05, 0) is 69.6 Å². The number of nitrogens with zero attached hydrogens (tertiary/aromatic N) is 6. The lowest BCUT2D eigenvalue weighted by molar-refractivity contribution is -0.130. The molecule has 3 N–H and O–H groups in total. The highest BCUT2D eigenvalue weighted by molar-refractivity contribution is 6.03. The second-order valence-electron chi connectivity index (χ2n) is 18.2. The molecule has 0 unspecified atom stereocenters. The lowest BCUT2D eigenvalue weighted by atomic mass is 9.51. The zero-order chi connectivity index (χ0) is 43.7. The van der Waals surface area contributed by atoms with Crippen molar-refractivity contribution in [1.29, 1.82) is 0 Å². The number of aryl methyl sites for hydroxylation is 2. The second-order valence-corrected chi connectivity index (χ2v) is 18.2. The Morgan fingerprint density at radius 3 is 1.72 bits per heavy atom. The van der Waals surface area contributed by atoms with Crippen molar-refractivity contribution >= 4 is 5.78 Å². The predicted octanol–water partition coefficient (Wildman–Crippen LogP) is 11.3. The number of hydroxylamine groups is 1. The van der Waals surface area contributed by atoms with Crippen molar-refractivity contribution in [1.82, 2.24) is 25.0 Å². The Morgan fingerprint density at radius 1 is 0.770 bits per heavy atom. The van der Waals surface area contributed by atoms with Crippen molar-refractivity contribution in [2.45, 2.75) is 123 Å². The molecule has 0 saturated heterocycles. The number of nitrogens with one attached hydrogen (secondary N) is 1. The van der Waals surface area contributed by atoms with Gasteiger partial charge < -0.3 is 15.1 Å². The van der Waals surface area contributed by atoms with Crippen molar-refractivity contribution in [2.24, 2.45) is 36.8 Å². The lowest BCUT2D eigenvalue weighted by Crippen LogP contribution is -2.52. The van der Waals surface area contributed by atoms with Crippen molar-refractivity contribution < 1.29 is 16.5 Å². The molecule has 2 saturated carbocycles. The largest absolute Gasteiger partial charge is 0.523 e. The van der Waals surface area contributed by atoms with Gasteiger partial charge in [-0.1, -0.05) is 121 Å². The molecule has 2 fully saturated rings. The SMILES string of the molecule is C.CNO.[3H]C.[C-]#[N+]C1=C(O)C2(CCCC2)[C@@H]2CCc3c(nn(C)c3-c3ccccc3)[C@@]2(C)C1.[C-]#[N+]C1=C[C@]2(C)c3nn(C)c(-c4ccccc4)c3CC[C@H]2C2(CCCC2)C1=O. The highest BCUT2D eigenvalue weighted by atomic mass is 16.5. The maximum Gasteiger partial charge on any atom is 0.226 e. The Morgan fingerprint density at radius 2 is 1.23 bits per heavy atom. The van der Waals surface area contributed by atoms with Crippen LogP contribution in [0.3, 0.4) is 0 Å². The van der Waals surface area contributed by atoms with Crippen LogP contribution in [0.25, 0.3) is 32.2 Å². The number of carbonyl (C=O) groups excluding carboxylic acids is 1. The van der Waals surface area contributed by atoms with Crippen LogP contribution >= 0.6 is 0 Å². The lowest BCUT2D eigenvalue weighted by Gasteiger charge is -2.53. The molecule has 4 atom stereocenters. The zero-order valence-electron chi connectivity index (χ0n) is 37.2. The quantitative estimate of drug-likeness (QED) is 0.137. The average Bonchev–Trinajstić information content (AvgIpc) is 4.10. The van der Waals surface area contributed by atoms with Crippen LogP contribution in [0.2, 0.25) is 0 Å². The molecule has 10 heteroatoms. The molecule has 0 radical (unpaired) electrons. The Balaban J connectivity index is 0.000000185. The van der Waals surface area contributed by atoms with Gasteiger partial charge in [0.25, 0.3) is 0 Å². The van der Waals surface area contributed by atoms with Gasteiger partial charge in [0, 0.05) is 66.4 Å². The van der Waals surface area contributed by atoms with E-state index in [-0.39, 0.29) is 40.8 Å². The number of Topliss-reactive ketones (excluding diaryl/α,β-unsaturated/α-hetero) is 1. The van der Waals surface area contributed by atoms with E-state index in [0.29, 0.717) is 29.5 Å². The third-order valence-corrected chi connectivity index (χ3v) is 15.3. The Hall–Kier alpha value is -5.29. The predicted molar refractivity (Wildman–Crippen MR) is 242 cm³/mol. The number of hydrogen-bond donors (Lipinski definition) is 3. The molecule has 10 rings (SSSR count). The first-order valence-corrected chi connectivity index (χ1v) is 21.4. The molecule has 61 heavy (non-hydrogen) atoms. The Kier molecular flexibility index (Phi) is 12.4. The fourth-order valence-electron chi connectivity index (χ4n) is 13.0. The van der Waals surface area contributed by atoms with E-state index < -0.39 is 0 Å². The van der Waals surface area contributed by atoms with E-state index in [0.717, 1.165) is 88.4 Å².